The molecule has 1 amide bonds. The standard InChI is InChI=1S/C31H30N2O9/c1-36-27-17-26-28(30(29(27)37-2)39-13-10-33-8-11-38-12-9-33)22(34)16-24(42-26)19-4-3-5-21(14-19)32-31(35)20-6-7-23-25(15-20)41-18-40-23/h3-7,14-17H,8-13,18H2,1-2H3,(H,32,35). The van der Waals surface area contributed by atoms with E-state index in [1.165, 1.54) is 20.3 Å². The first-order chi connectivity index (χ1) is 20.5. The Balaban J connectivity index is 1.28. The molecule has 3 aromatic carbocycles. The second kappa shape index (κ2) is 12.0. The number of nitrogens with one attached hydrogen (secondary N) is 1. The lowest BCUT2D eigenvalue weighted by molar-refractivity contribution is 0.0322. The van der Waals surface area contributed by atoms with E-state index in [1.54, 1.807) is 48.5 Å². The topological polar surface area (TPSA) is 118 Å². The minimum Gasteiger partial charge on any atom is -0.493 e. The van der Waals surface area contributed by atoms with Crippen molar-refractivity contribution in [3.05, 3.63) is 70.4 Å². The molecule has 3 heterocycles. The van der Waals surface area contributed by atoms with Gasteiger partial charge in [0, 0.05) is 48.6 Å². The fourth-order valence-corrected chi connectivity index (χ4v) is 4.96. The van der Waals surface area contributed by atoms with E-state index in [0.29, 0.717) is 71.9 Å². The number of amides is 1. The van der Waals surface area contributed by atoms with Gasteiger partial charge in [-0.2, -0.15) is 0 Å². The molecular formula is C31H30N2O9. The van der Waals surface area contributed by atoms with Gasteiger partial charge in [-0.3, -0.25) is 14.5 Å². The van der Waals surface area contributed by atoms with Crippen LogP contribution in [0.2, 0.25) is 0 Å². The van der Waals surface area contributed by atoms with Gasteiger partial charge in [0.25, 0.3) is 5.91 Å². The minimum atomic E-state index is -0.318. The van der Waals surface area contributed by atoms with Gasteiger partial charge < -0.3 is 38.2 Å². The van der Waals surface area contributed by atoms with Crippen molar-refractivity contribution >= 4 is 22.6 Å². The molecule has 1 aromatic heterocycles. The van der Waals surface area contributed by atoms with Gasteiger partial charge in [-0.15, -0.1) is 0 Å². The van der Waals surface area contributed by atoms with Crippen LogP contribution in [0.1, 0.15) is 10.4 Å². The van der Waals surface area contributed by atoms with Crippen LogP contribution in [0.3, 0.4) is 0 Å². The molecule has 1 saturated heterocycles. The maximum atomic E-state index is 13.5. The SMILES string of the molecule is COc1cc2oc(-c3cccc(NC(=O)c4ccc5c(c4)OCO5)c3)cc(=O)c2c(OCCN2CCOCC2)c1OC. The van der Waals surface area contributed by atoms with Crippen LogP contribution in [0.4, 0.5) is 5.69 Å². The first-order valence-electron chi connectivity index (χ1n) is 13.5. The molecule has 42 heavy (non-hydrogen) atoms. The minimum absolute atomic E-state index is 0.125. The largest absolute Gasteiger partial charge is 0.493 e. The molecule has 0 radical (unpaired) electrons. The summed E-state index contributed by atoms with van der Waals surface area (Å²) in [4.78, 5) is 28.7. The van der Waals surface area contributed by atoms with E-state index >= 15 is 0 Å². The third-order valence-electron chi connectivity index (χ3n) is 7.12. The molecule has 2 aliphatic heterocycles. The van der Waals surface area contributed by atoms with Crippen molar-refractivity contribution in [3.8, 4) is 40.1 Å². The number of carbonyl (C=O) groups is 1. The number of ether oxygens (including phenoxy) is 6. The zero-order valence-corrected chi connectivity index (χ0v) is 23.3. The smallest absolute Gasteiger partial charge is 0.255 e. The number of benzene rings is 3. The van der Waals surface area contributed by atoms with E-state index in [0.717, 1.165) is 13.1 Å². The van der Waals surface area contributed by atoms with E-state index in [2.05, 4.69) is 10.2 Å². The van der Waals surface area contributed by atoms with E-state index in [-0.39, 0.29) is 34.8 Å². The van der Waals surface area contributed by atoms with Gasteiger partial charge in [0.1, 0.15) is 23.3 Å². The third-order valence-corrected chi connectivity index (χ3v) is 7.12. The Labute approximate surface area is 241 Å². The Morgan fingerprint density at radius 2 is 1.79 bits per heavy atom. The van der Waals surface area contributed by atoms with Crippen LogP contribution in [0.25, 0.3) is 22.3 Å². The number of rotatable bonds is 9. The summed E-state index contributed by atoms with van der Waals surface area (Å²) >= 11 is 0. The maximum absolute atomic E-state index is 13.5. The van der Waals surface area contributed by atoms with Crippen LogP contribution >= 0.6 is 0 Å². The highest BCUT2D eigenvalue weighted by molar-refractivity contribution is 6.05. The van der Waals surface area contributed by atoms with Gasteiger partial charge >= 0.3 is 0 Å². The van der Waals surface area contributed by atoms with Crippen LogP contribution in [-0.4, -0.2) is 71.3 Å². The van der Waals surface area contributed by atoms with E-state index in [4.69, 9.17) is 32.8 Å². The highest BCUT2D eigenvalue weighted by Crippen LogP contribution is 2.43. The van der Waals surface area contributed by atoms with E-state index < -0.39 is 0 Å². The first kappa shape index (κ1) is 27.4. The zero-order valence-electron chi connectivity index (χ0n) is 23.3. The van der Waals surface area contributed by atoms with Crippen molar-refractivity contribution in [2.45, 2.75) is 0 Å². The lowest BCUT2D eigenvalue weighted by atomic mass is 10.1. The Kier molecular flexibility index (Phi) is 7.85. The lowest BCUT2D eigenvalue weighted by Gasteiger charge is -2.26. The average Bonchev–Trinajstić information content (AvgIpc) is 3.49. The molecule has 0 aliphatic carbocycles. The molecule has 0 unspecified atom stereocenters. The van der Waals surface area contributed by atoms with Crippen LogP contribution in [-0.2, 0) is 4.74 Å². The molecule has 4 aromatic rings. The quantitative estimate of drug-likeness (QED) is 0.312. The van der Waals surface area contributed by atoms with E-state index in [1.807, 2.05) is 0 Å². The summed E-state index contributed by atoms with van der Waals surface area (Å²) in [5, 5.41) is 3.14. The number of morpholine rings is 1. The normalized spacial score (nSPS) is 14.5. The second-order valence-electron chi connectivity index (χ2n) is 9.69. The Morgan fingerprint density at radius 3 is 2.60 bits per heavy atom. The predicted molar refractivity (Wildman–Crippen MR) is 154 cm³/mol. The van der Waals surface area contributed by atoms with Gasteiger partial charge in [0.2, 0.25) is 12.5 Å². The molecule has 2 aliphatic rings. The first-order valence-corrected chi connectivity index (χ1v) is 13.5. The molecule has 6 rings (SSSR count). The van der Waals surface area contributed by atoms with Gasteiger partial charge in [0.15, 0.2) is 28.4 Å². The maximum Gasteiger partial charge on any atom is 0.255 e. The number of nitrogens with zero attached hydrogens (tertiary/aromatic N) is 1. The van der Waals surface area contributed by atoms with Crippen molar-refractivity contribution in [3.63, 3.8) is 0 Å². The Bertz CT molecular complexity index is 1680. The molecule has 0 atom stereocenters. The van der Waals surface area contributed by atoms with Crippen molar-refractivity contribution in [1.82, 2.24) is 4.90 Å². The summed E-state index contributed by atoms with van der Waals surface area (Å²) in [6.45, 7) is 4.13. The van der Waals surface area contributed by atoms with Gasteiger partial charge in [-0.1, -0.05) is 12.1 Å². The fourth-order valence-electron chi connectivity index (χ4n) is 4.96. The van der Waals surface area contributed by atoms with Crippen LogP contribution in [0.15, 0.2) is 63.8 Å². The summed E-state index contributed by atoms with van der Waals surface area (Å²) in [7, 11) is 3.01. The molecule has 11 nitrogen and oxygen atoms in total. The average molecular weight is 575 g/mol. The summed E-state index contributed by atoms with van der Waals surface area (Å²) < 4.78 is 39.6. The van der Waals surface area contributed by atoms with Crippen molar-refractivity contribution in [2.75, 3.05) is 65.8 Å². The van der Waals surface area contributed by atoms with Crippen molar-refractivity contribution in [2.24, 2.45) is 0 Å². The predicted octanol–water partition coefficient (Wildman–Crippen LogP) is 4.17. The summed E-state index contributed by atoms with van der Waals surface area (Å²) in [5.41, 5.74) is 1.53. The lowest BCUT2D eigenvalue weighted by Crippen LogP contribution is -2.38. The Morgan fingerprint density at radius 1 is 0.952 bits per heavy atom. The molecule has 11 heteroatoms. The van der Waals surface area contributed by atoms with Crippen LogP contribution in [0.5, 0.6) is 28.7 Å². The van der Waals surface area contributed by atoms with E-state index in [9.17, 15) is 9.59 Å². The van der Waals surface area contributed by atoms with Gasteiger partial charge in [-0.25, -0.2) is 0 Å². The monoisotopic (exact) mass is 574 g/mol. The highest BCUT2D eigenvalue weighted by Gasteiger charge is 2.23. The highest BCUT2D eigenvalue weighted by atomic mass is 16.7. The summed E-state index contributed by atoms with van der Waals surface area (Å²) in [6.07, 6.45) is 0. The van der Waals surface area contributed by atoms with Gasteiger partial charge in [-0.05, 0) is 30.3 Å². The number of hydrogen-bond donors (Lipinski definition) is 1. The molecule has 0 spiro atoms. The molecule has 0 bridgehead atoms. The number of carbonyl (C=O) groups excluding carboxylic acids is 1. The molecule has 0 saturated carbocycles. The number of methoxy groups -OCH3 is 2. The second-order valence-corrected chi connectivity index (χ2v) is 9.69. The summed E-state index contributed by atoms with van der Waals surface area (Å²) in [6, 6.07) is 15.0. The van der Waals surface area contributed by atoms with Gasteiger partial charge in [0.05, 0.1) is 27.4 Å². The molecular weight excluding hydrogens is 544 g/mol. The van der Waals surface area contributed by atoms with Crippen molar-refractivity contribution < 1.29 is 37.6 Å². The van der Waals surface area contributed by atoms with Crippen LogP contribution in [0, 0.1) is 0 Å². The fraction of sp³-hybridized carbons (Fsp3) is 0.290. The Hall–Kier alpha value is -4.74. The number of hydrogen-bond acceptors (Lipinski definition) is 10. The molecule has 1 fully saturated rings. The zero-order chi connectivity index (χ0) is 29.1. The van der Waals surface area contributed by atoms with Crippen molar-refractivity contribution in [1.29, 1.82) is 0 Å². The molecule has 1 N–H and O–H groups in total. The number of anilines is 1. The third kappa shape index (κ3) is 5.56. The molecule has 218 valence electrons. The number of fused-ring (bicyclic) bond motifs is 2. The van der Waals surface area contributed by atoms with Crippen LogP contribution < -0.4 is 34.4 Å². The summed E-state index contributed by atoms with van der Waals surface area (Å²) in [5.74, 6) is 2.08.